The Balaban J connectivity index is 2.63. The Bertz CT molecular complexity index is 307. The van der Waals surface area contributed by atoms with E-state index in [-0.39, 0.29) is 0 Å². The van der Waals surface area contributed by atoms with Gasteiger partial charge in [-0.05, 0) is 39.0 Å². The molecule has 1 heteroatoms. The van der Waals surface area contributed by atoms with Crippen molar-refractivity contribution >= 4 is 5.71 Å². The van der Waals surface area contributed by atoms with E-state index in [2.05, 4.69) is 50.3 Å². The lowest BCUT2D eigenvalue weighted by Crippen LogP contribution is -2.09. The standard InChI is InChI=1S/C16H25N/c1-3-12-15(2)16-13-10-8-6-4-5-7-9-11-14-17-16/h3,6-9,12,15H,4-5,10-11,13-14H2,1-2H3/b8-6+,9-7+,12-3?,17-16-. The third kappa shape index (κ3) is 6.25. The van der Waals surface area contributed by atoms with Gasteiger partial charge in [-0.15, -0.1) is 0 Å². The predicted octanol–water partition coefficient (Wildman–Crippen LogP) is 4.72. The van der Waals surface area contributed by atoms with Crippen LogP contribution in [0.4, 0.5) is 0 Å². The number of rotatable bonds is 2. The van der Waals surface area contributed by atoms with Gasteiger partial charge in [0.1, 0.15) is 0 Å². The van der Waals surface area contributed by atoms with Crippen LogP contribution in [0.3, 0.4) is 0 Å². The number of allylic oxidation sites excluding steroid dienone is 5. The molecule has 1 rings (SSSR count). The molecule has 94 valence electrons. The third-order valence-electron chi connectivity index (χ3n) is 3.02. The number of hydrogen-bond donors (Lipinski definition) is 0. The van der Waals surface area contributed by atoms with Gasteiger partial charge in [0.2, 0.25) is 0 Å². The summed E-state index contributed by atoms with van der Waals surface area (Å²) in [5.74, 6) is 0.486. The molecule has 0 saturated heterocycles. The lowest BCUT2D eigenvalue weighted by Gasteiger charge is -2.10. The van der Waals surface area contributed by atoms with Gasteiger partial charge < -0.3 is 0 Å². The zero-order valence-electron chi connectivity index (χ0n) is 11.2. The maximum atomic E-state index is 4.76. The molecular formula is C16H25N. The van der Waals surface area contributed by atoms with E-state index in [9.17, 15) is 0 Å². The number of nitrogens with zero attached hydrogens (tertiary/aromatic N) is 1. The first-order valence-electron chi connectivity index (χ1n) is 6.80. The molecule has 0 fully saturated rings. The van der Waals surface area contributed by atoms with Crippen molar-refractivity contribution in [3.05, 3.63) is 36.5 Å². The summed E-state index contributed by atoms with van der Waals surface area (Å²) in [6.07, 6.45) is 19.1. The maximum Gasteiger partial charge on any atom is 0.0423 e. The summed E-state index contributed by atoms with van der Waals surface area (Å²) < 4.78 is 0. The van der Waals surface area contributed by atoms with Crippen LogP contribution < -0.4 is 0 Å². The molecule has 0 aromatic rings. The normalized spacial score (nSPS) is 27.5. The third-order valence-corrected chi connectivity index (χ3v) is 3.02. The summed E-state index contributed by atoms with van der Waals surface area (Å²) in [7, 11) is 0. The van der Waals surface area contributed by atoms with Gasteiger partial charge in [-0.1, -0.05) is 43.4 Å². The quantitative estimate of drug-likeness (QED) is 0.610. The van der Waals surface area contributed by atoms with Gasteiger partial charge in [-0.3, -0.25) is 4.99 Å². The average Bonchev–Trinajstić information content (AvgIpc) is 2.30. The maximum absolute atomic E-state index is 4.76. The van der Waals surface area contributed by atoms with Crippen LogP contribution in [0.1, 0.15) is 46.0 Å². The summed E-state index contributed by atoms with van der Waals surface area (Å²) in [5, 5.41) is 0. The van der Waals surface area contributed by atoms with Crippen molar-refractivity contribution in [2.24, 2.45) is 10.9 Å². The molecule has 17 heavy (non-hydrogen) atoms. The van der Waals surface area contributed by atoms with Crippen LogP contribution >= 0.6 is 0 Å². The summed E-state index contributed by atoms with van der Waals surface area (Å²) in [4.78, 5) is 4.76. The first kappa shape index (κ1) is 14.0. The van der Waals surface area contributed by atoms with Crippen LogP contribution in [0.25, 0.3) is 0 Å². The van der Waals surface area contributed by atoms with Gasteiger partial charge in [0, 0.05) is 18.2 Å². The summed E-state index contributed by atoms with van der Waals surface area (Å²) in [6.45, 7) is 5.26. The summed E-state index contributed by atoms with van der Waals surface area (Å²) in [5.41, 5.74) is 1.35. The Labute approximate surface area is 106 Å². The van der Waals surface area contributed by atoms with Gasteiger partial charge >= 0.3 is 0 Å². The average molecular weight is 231 g/mol. The SMILES string of the molecule is CC=CC(C)/C1=N\CC/C=C/CC/C=C/CC1. The fraction of sp³-hybridized carbons (Fsp3) is 0.562. The molecule has 0 radical (unpaired) electrons. The van der Waals surface area contributed by atoms with Gasteiger partial charge in [-0.2, -0.15) is 0 Å². The van der Waals surface area contributed by atoms with Crippen LogP contribution in [0.2, 0.25) is 0 Å². The summed E-state index contributed by atoms with van der Waals surface area (Å²) >= 11 is 0. The lowest BCUT2D eigenvalue weighted by molar-refractivity contribution is 0.880. The Kier molecular flexibility index (Phi) is 7.37. The van der Waals surface area contributed by atoms with Crippen LogP contribution in [-0.2, 0) is 0 Å². The minimum Gasteiger partial charge on any atom is -0.293 e. The Morgan fingerprint density at radius 3 is 2.41 bits per heavy atom. The monoisotopic (exact) mass is 231 g/mol. The molecule has 1 aliphatic heterocycles. The van der Waals surface area contributed by atoms with E-state index in [4.69, 9.17) is 4.99 Å². The molecule has 1 aliphatic rings. The van der Waals surface area contributed by atoms with E-state index >= 15 is 0 Å². The fourth-order valence-corrected chi connectivity index (χ4v) is 2.03. The first-order chi connectivity index (χ1) is 8.34. The predicted molar refractivity (Wildman–Crippen MR) is 77.6 cm³/mol. The Morgan fingerprint density at radius 2 is 1.71 bits per heavy atom. The second-order valence-corrected chi connectivity index (χ2v) is 4.54. The van der Waals surface area contributed by atoms with E-state index in [0.717, 1.165) is 25.8 Å². The highest BCUT2D eigenvalue weighted by molar-refractivity contribution is 5.88. The van der Waals surface area contributed by atoms with Crippen molar-refractivity contribution in [3.63, 3.8) is 0 Å². The first-order valence-corrected chi connectivity index (χ1v) is 6.80. The highest BCUT2D eigenvalue weighted by atomic mass is 14.7. The van der Waals surface area contributed by atoms with E-state index in [1.54, 1.807) is 0 Å². The molecule has 1 unspecified atom stereocenters. The Morgan fingerprint density at radius 1 is 1.06 bits per heavy atom. The largest absolute Gasteiger partial charge is 0.293 e. The molecule has 1 atom stereocenters. The molecule has 0 aliphatic carbocycles. The van der Waals surface area contributed by atoms with Gasteiger partial charge in [0.15, 0.2) is 0 Å². The number of hydrogen-bond acceptors (Lipinski definition) is 1. The van der Waals surface area contributed by atoms with Crippen LogP contribution in [0.5, 0.6) is 0 Å². The molecule has 0 amide bonds. The highest BCUT2D eigenvalue weighted by Gasteiger charge is 2.05. The van der Waals surface area contributed by atoms with Crippen molar-refractivity contribution in [1.29, 1.82) is 0 Å². The zero-order chi connectivity index (χ0) is 12.3. The van der Waals surface area contributed by atoms with E-state index in [1.165, 1.54) is 18.6 Å². The molecular weight excluding hydrogens is 206 g/mol. The van der Waals surface area contributed by atoms with Crippen molar-refractivity contribution < 1.29 is 0 Å². The molecule has 0 aromatic heterocycles. The smallest absolute Gasteiger partial charge is 0.0423 e. The van der Waals surface area contributed by atoms with Gasteiger partial charge in [0.25, 0.3) is 0 Å². The molecule has 0 bridgehead atoms. The minimum absolute atomic E-state index is 0.486. The molecule has 1 nitrogen and oxygen atoms in total. The molecule has 0 aromatic carbocycles. The fourth-order valence-electron chi connectivity index (χ4n) is 2.03. The van der Waals surface area contributed by atoms with E-state index in [1.807, 2.05) is 0 Å². The van der Waals surface area contributed by atoms with Crippen LogP contribution in [-0.4, -0.2) is 12.3 Å². The van der Waals surface area contributed by atoms with Crippen molar-refractivity contribution in [2.45, 2.75) is 46.0 Å². The topological polar surface area (TPSA) is 12.4 Å². The lowest BCUT2D eigenvalue weighted by atomic mass is 10.00. The molecule has 1 heterocycles. The second-order valence-electron chi connectivity index (χ2n) is 4.54. The van der Waals surface area contributed by atoms with Crippen molar-refractivity contribution in [3.8, 4) is 0 Å². The molecule has 0 spiro atoms. The van der Waals surface area contributed by atoms with Gasteiger partial charge in [-0.25, -0.2) is 0 Å². The molecule has 0 saturated carbocycles. The summed E-state index contributed by atoms with van der Waals surface area (Å²) in [6, 6.07) is 0. The van der Waals surface area contributed by atoms with E-state index in [0.29, 0.717) is 5.92 Å². The highest BCUT2D eigenvalue weighted by Crippen LogP contribution is 2.10. The van der Waals surface area contributed by atoms with Crippen molar-refractivity contribution in [1.82, 2.24) is 0 Å². The second kappa shape index (κ2) is 8.98. The number of aliphatic imine (C=N–C) groups is 1. The molecule has 0 N–H and O–H groups in total. The zero-order valence-corrected chi connectivity index (χ0v) is 11.2. The van der Waals surface area contributed by atoms with Crippen molar-refractivity contribution in [2.75, 3.05) is 6.54 Å². The minimum atomic E-state index is 0.486. The Hall–Kier alpha value is -1.11. The van der Waals surface area contributed by atoms with Crippen LogP contribution in [0, 0.1) is 5.92 Å². The van der Waals surface area contributed by atoms with E-state index < -0.39 is 0 Å². The van der Waals surface area contributed by atoms with Crippen LogP contribution in [0.15, 0.2) is 41.4 Å². The van der Waals surface area contributed by atoms with Gasteiger partial charge in [0.05, 0.1) is 0 Å².